The Bertz CT molecular complexity index is 1130. The lowest BCUT2D eigenvalue weighted by Gasteiger charge is -2.08. The number of rotatable bonds is 5. The lowest BCUT2D eigenvalue weighted by Crippen LogP contribution is -2.22. The summed E-state index contributed by atoms with van der Waals surface area (Å²) in [5, 5.41) is 13.5. The van der Waals surface area contributed by atoms with E-state index in [4.69, 9.17) is 10.00 Å². The van der Waals surface area contributed by atoms with Crippen molar-refractivity contribution < 1.29 is 4.74 Å². The lowest BCUT2D eigenvalue weighted by atomic mass is 10.2. The highest BCUT2D eigenvalue weighted by Crippen LogP contribution is 2.21. The van der Waals surface area contributed by atoms with Crippen molar-refractivity contribution in [2.24, 2.45) is 5.10 Å². The van der Waals surface area contributed by atoms with Gasteiger partial charge in [-0.3, -0.25) is 4.79 Å². The highest BCUT2D eigenvalue weighted by molar-refractivity contribution is 14.1. The third-order valence-electron chi connectivity index (χ3n) is 3.76. The predicted molar refractivity (Wildman–Crippen MR) is 116 cm³/mol. The molecular weight excluding hydrogens is 523 g/mol. The first kappa shape index (κ1) is 19.5. The zero-order chi connectivity index (χ0) is 19.4. The van der Waals surface area contributed by atoms with Crippen LogP contribution in [-0.2, 0) is 6.42 Å². The van der Waals surface area contributed by atoms with E-state index in [0.717, 1.165) is 13.6 Å². The number of nitrogens with zero attached hydrogens (tertiary/aromatic N) is 4. The summed E-state index contributed by atoms with van der Waals surface area (Å²) in [6.45, 7) is 1.93. The molecule has 0 N–H and O–H groups in total. The minimum absolute atomic E-state index is 0.00297. The van der Waals surface area contributed by atoms with E-state index in [2.05, 4.69) is 48.6 Å². The van der Waals surface area contributed by atoms with Crippen molar-refractivity contribution in [3.8, 4) is 11.8 Å². The number of aromatic nitrogens is 2. The molecule has 0 saturated carbocycles. The largest absolute Gasteiger partial charge is 0.478 e. The third-order valence-corrected chi connectivity index (χ3v) is 5.10. The van der Waals surface area contributed by atoms with Gasteiger partial charge in [0.25, 0.3) is 5.56 Å². The van der Waals surface area contributed by atoms with E-state index in [9.17, 15) is 4.79 Å². The van der Waals surface area contributed by atoms with Crippen molar-refractivity contribution in [2.45, 2.75) is 13.3 Å². The number of hydrogen-bond donors (Lipinski definition) is 0. The number of halogens is 2. The molecule has 136 valence electrons. The van der Waals surface area contributed by atoms with E-state index in [1.54, 1.807) is 18.3 Å². The van der Waals surface area contributed by atoms with Gasteiger partial charge >= 0.3 is 0 Å². The third kappa shape index (κ3) is 4.36. The Hall–Kier alpha value is -2.25. The molecule has 0 unspecified atom stereocenters. The molecule has 27 heavy (non-hydrogen) atoms. The van der Waals surface area contributed by atoms with E-state index in [1.165, 1.54) is 4.68 Å². The van der Waals surface area contributed by atoms with Crippen LogP contribution in [0, 0.1) is 14.9 Å². The molecule has 0 spiro atoms. The average molecular weight is 537 g/mol. The maximum Gasteiger partial charge on any atom is 0.282 e. The number of benzene rings is 2. The van der Waals surface area contributed by atoms with Gasteiger partial charge in [-0.15, -0.1) is 0 Å². The summed E-state index contributed by atoms with van der Waals surface area (Å²) in [4.78, 5) is 17.4. The molecule has 0 fully saturated rings. The summed E-state index contributed by atoms with van der Waals surface area (Å²) in [7, 11) is 0. The number of hydrogen-bond acceptors (Lipinski definition) is 5. The van der Waals surface area contributed by atoms with Crippen LogP contribution in [0.3, 0.4) is 0 Å². The van der Waals surface area contributed by atoms with Gasteiger partial charge in [0, 0.05) is 10.9 Å². The van der Waals surface area contributed by atoms with Crippen LogP contribution in [0.1, 0.15) is 18.3 Å². The second-order valence-electron chi connectivity index (χ2n) is 5.54. The highest BCUT2D eigenvalue weighted by Gasteiger charge is 2.10. The van der Waals surface area contributed by atoms with Crippen LogP contribution in [0.15, 0.2) is 50.8 Å². The number of nitriles is 1. The van der Waals surface area contributed by atoms with Gasteiger partial charge in [-0.1, -0.05) is 22.9 Å². The Morgan fingerprint density at radius 2 is 2.19 bits per heavy atom. The predicted octanol–water partition coefficient (Wildman–Crippen LogP) is 4.11. The van der Waals surface area contributed by atoms with Crippen LogP contribution in [0.2, 0.25) is 0 Å². The normalized spacial score (nSPS) is 11.0. The molecule has 0 radical (unpaired) electrons. The van der Waals surface area contributed by atoms with E-state index < -0.39 is 0 Å². The molecule has 0 amide bonds. The molecule has 3 aromatic rings. The molecule has 2 aromatic carbocycles. The van der Waals surface area contributed by atoms with Crippen LogP contribution >= 0.6 is 38.5 Å². The van der Waals surface area contributed by atoms with Crippen molar-refractivity contribution in [2.75, 3.05) is 6.61 Å². The molecule has 0 atom stereocenters. The lowest BCUT2D eigenvalue weighted by molar-refractivity contribution is 0.365. The summed E-state index contributed by atoms with van der Waals surface area (Å²) < 4.78 is 8.34. The van der Waals surface area contributed by atoms with E-state index >= 15 is 0 Å². The second kappa shape index (κ2) is 8.63. The quantitative estimate of drug-likeness (QED) is 0.363. The van der Waals surface area contributed by atoms with Crippen LogP contribution in [0.25, 0.3) is 10.9 Å². The standard InChI is InChI=1S/C19H14BrIN4O2/c1-2-18-24-16-5-4-13(20)10-14(16)19(26)25(18)23-11-12-3-6-17(15(21)9-12)27-8-7-22/h3-6,9-11H,2,8H2,1H3. The Balaban J connectivity index is 2.01. The van der Waals surface area contributed by atoms with Crippen molar-refractivity contribution in [1.82, 2.24) is 9.66 Å². The SMILES string of the molecule is CCc1nc2ccc(Br)cc2c(=O)n1N=Cc1ccc(OCC#N)c(I)c1. The van der Waals surface area contributed by atoms with E-state index in [-0.39, 0.29) is 12.2 Å². The van der Waals surface area contributed by atoms with Gasteiger partial charge in [0.05, 0.1) is 20.7 Å². The van der Waals surface area contributed by atoms with Gasteiger partial charge in [-0.05, 0) is 64.6 Å². The molecule has 0 bridgehead atoms. The summed E-state index contributed by atoms with van der Waals surface area (Å²) in [5.74, 6) is 1.23. The average Bonchev–Trinajstić information content (AvgIpc) is 2.66. The van der Waals surface area contributed by atoms with Crippen molar-refractivity contribution in [3.63, 3.8) is 0 Å². The molecule has 6 nitrogen and oxygen atoms in total. The molecular formula is C19H14BrIN4O2. The number of fused-ring (bicyclic) bond motifs is 1. The minimum Gasteiger partial charge on any atom is -0.478 e. The van der Waals surface area contributed by atoms with Crippen LogP contribution in [0.4, 0.5) is 0 Å². The zero-order valence-corrected chi connectivity index (χ0v) is 18.1. The number of aryl methyl sites for hydroxylation is 1. The summed E-state index contributed by atoms with van der Waals surface area (Å²) in [5.41, 5.74) is 1.25. The zero-order valence-electron chi connectivity index (χ0n) is 14.3. The summed E-state index contributed by atoms with van der Waals surface area (Å²) in [6, 6.07) is 12.8. The minimum atomic E-state index is -0.210. The van der Waals surface area contributed by atoms with Gasteiger partial charge in [-0.2, -0.15) is 15.0 Å². The first-order chi connectivity index (χ1) is 13.0. The smallest absolute Gasteiger partial charge is 0.282 e. The maximum absolute atomic E-state index is 12.9. The van der Waals surface area contributed by atoms with Gasteiger partial charge in [-0.25, -0.2) is 4.98 Å². The molecule has 0 aliphatic carbocycles. The fourth-order valence-electron chi connectivity index (χ4n) is 2.49. The van der Waals surface area contributed by atoms with Gasteiger partial charge in [0.15, 0.2) is 6.61 Å². The van der Waals surface area contributed by atoms with Crippen molar-refractivity contribution >= 4 is 55.6 Å². The monoisotopic (exact) mass is 536 g/mol. The summed E-state index contributed by atoms with van der Waals surface area (Å²) >= 11 is 5.52. The van der Waals surface area contributed by atoms with Crippen molar-refractivity contribution in [3.05, 3.63) is 66.2 Å². The molecule has 0 aliphatic rings. The molecule has 0 saturated heterocycles. The molecule has 1 aromatic heterocycles. The molecule has 1 heterocycles. The first-order valence-corrected chi connectivity index (χ1v) is 9.95. The maximum atomic E-state index is 12.9. The fourth-order valence-corrected chi connectivity index (χ4v) is 3.55. The van der Waals surface area contributed by atoms with Crippen LogP contribution < -0.4 is 10.3 Å². The van der Waals surface area contributed by atoms with E-state index in [0.29, 0.717) is 28.9 Å². The summed E-state index contributed by atoms with van der Waals surface area (Å²) in [6.07, 6.45) is 2.19. The molecule has 3 rings (SSSR count). The van der Waals surface area contributed by atoms with Gasteiger partial charge < -0.3 is 4.74 Å². The van der Waals surface area contributed by atoms with Crippen LogP contribution in [-0.4, -0.2) is 22.5 Å². The Morgan fingerprint density at radius 1 is 1.37 bits per heavy atom. The van der Waals surface area contributed by atoms with Gasteiger partial charge in [0.2, 0.25) is 0 Å². The van der Waals surface area contributed by atoms with Crippen LogP contribution in [0.5, 0.6) is 5.75 Å². The second-order valence-corrected chi connectivity index (χ2v) is 7.62. The molecule has 8 heteroatoms. The fraction of sp³-hybridized carbons (Fsp3) is 0.158. The highest BCUT2D eigenvalue weighted by atomic mass is 127. The topological polar surface area (TPSA) is 80.3 Å². The number of ether oxygens (including phenoxy) is 1. The first-order valence-electron chi connectivity index (χ1n) is 8.08. The van der Waals surface area contributed by atoms with E-state index in [1.807, 2.05) is 37.3 Å². The Labute approximate surface area is 177 Å². The van der Waals surface area contributed by atoms with Gasteiger partial charge in [0.1, 0.15) is 17.6 Å². The Kier molecular flexibility index (Phi) is 6.23. The molecule has 0 aliphatic heterocycles. The van der Waals surface area contributed by atoms with Crippen molar-refractivity contribution in [1.29, 1.82) is 5.26 Å². The Morgan fingerprint density at radius 3 is 2.89 bits per heavy atom.